The second kappa shape index (κ2) is 4.75. The van der Waals surface area contributed by atoms with Gasteiger partial charge in [0.2, 0.25) is 0 Å². The van der Waals surface area contributed by atoms with Crippen molar-refractivity contribution in [1.82, 2.24) is 4.90 Å². The lowest BCUT2D eigenvalue weighted by molar-refractivity contribution is -0.140. The zero-order valence-electron chi connectivity index (χ0n) is 9.71. The van der Waals surface area contributed by atoms with Crippen LogP contribution in [0.25, 0.3) is 0 Å². The maximum absolute atomic E-state index is 11.8. The Labute approximate surface area is 104 Å². The number of anilines is 1. The number of nitriles is 1. The molecule has 0 unspecified atom stereocenters. The lowest BCUT2D eigenvalue weighted by Gasteiger charge is -2.07. The molecule has 2 amide bonds. The van der Waals surface area contributed by atoms with Crippen molar-refractivity contribution in [3.8, 4) is 6.07 Å². The molecule has 0 radical (unpaired) electrons. The highest BCUT2D eigenvalue weighted by atomic mass is 16.5. The Bertz CT molecular complexity index is 536. The van der Waals surface area contributed by atoms with E-state index in [1.807, 2.05) is 6.07 Å². The molecule has 1 aliphatic heterocycles. The average molecular weight is 245 g/mol. The number of nitrogens with zero attached hydrogens (tertiary/aromatic N) is 2. The fraction of sp³-hybridized carbons (Fsp3) is 0.250. The van der Waals surface area contributed by atoms with Crippen LogP contribution >= 0.6 is 0 Å². The molecule has 0 bridgehead atoms. The number of hydrogen-bond acceptors (Lipinski definition) is 4. The Morgan fingerprint density at radius 3 is 2.89 bits per heavy atom. The van der Waals surface area contributed by atoms with Gasteiger partial charge in [-0.25, -0.2) is 9.59 Å². The molecule has 1 aromatic carbocycles. The van der Waals surface area contributed by atoms with E-state index in [4.69, 9.17) is 5.26 Å². The maximum Gasteiger partial charge on any atom is 0.330 e. The van der Waals surface area contributed by atoms with E-state index in [2.05, 4.69) is 10.1 Å². The van der Waals surface area contributed by atoms with Crippen LogP contribution in [0.1, 0.15) is 5.56 Å². The van der Waals surface area contributed by atoms with Crippen LogP contribution in [0.15, 0.2) is 24.3 Å². The van der Waals surface area contributed by atoms with Gasteiger partial charge in [-0.05, 0) is 12.1 Å². The number of methoxy groups -OCH3 is 1. The molecule has 0 aromatic heterocycles. The third-order valence-electron chi connectivity index (χ3n) is 2.64. The summed E-state index contributed by atoms with van der Waals surface area (Å²) in [5, 5.41) is 11.5. The largest absolute Gasteiger partial charge is 0.467 e. The first kappa shape index (κ1) is 11.9. The summed E-state index contributed by atoms with van der Waals surface area (Å²) in [6.45, 7) is 0.341. The second-order valence-electron chi connectivity index (χ2n) is 3.78. The third kappa shape index (κ3) is 2.25. The molecule has 18 heavy (non-hydrogen) atoms. The van der Waals surface area contributed by atoms with Crippen LogP contribution in [0, 0.1) is 11.3 Å². The first-order chi connectivity index (χ1) is 8.67. The second-order valence-corrected chi connectivity index (χ2v) is 3.78. The number of ether oxygens (including phenoxy) is 1. The number of urea groups is 1. The van der Waals surface area contributed by atoms with Crippen molar-refractivity contribution in [2.24, 2.45) is 0 Å². The van der Waals surface area contributed by atoms with Crippen LogP contribution in [0.3, 0.4) is 0 Å². The van der Waals surface area contributed by atoms with E-state index in [0.29, 0.717) is 17.8 Å². The number of esters is 1. The molecule has 1 aliphatic rings. The molecular weight excluding hydrogens is 234 g/mol. The molecule has 1 heterocycles. The van der Waals surface area contributed by atoms with Crippen LogP contribution in [-0.4, -0.2) is 36.6 Å². The normalized spacial score (nSPS) is 16.7. The smallest absolute Gasteiger partial charge is 0.330 e. The van der Waals surface area contributed by atoms with Crippen molar-refractivity contribution < 1.29 is 14.3 Å². The minimum absolute atomic E-state index is 0.341. The van der Waals surface area contributed by atoms with Gasteiger partial charge in [-0.3, -0.25) is 0 Å². The van der Waals surface area contributed by atoms with Crippen molar-refractivity contribution >= 4 is 17.7 Å². The zero-order chi connectivity index (χ0) is 13.1. The Morgan fingerprint density at radius 1 is 1.50 bits per heavy atom. The first-order valence-electron chi connectivity index (χ1n) is 5.32. The minimum atomic E-state index is -0.510. The molecule has 0 saturated carbocycles. The molecule has 0 spiro atoms. The highest BCUT2D eigenvalue weighted by Crippen LogP contribution is 2.21. The summed E-state index contributed by atoms with van der Waals surface area (Å²) in [6, 6.07) is 7.73. The van der Waals surface area contributed by atoms with Crippen LogP contribution in [0.4, 0.5) is 10.5 Å². The quantitative estimate of drug-likeness (QED) is 0.621. The summed E-state index contributed by atoms with van der Waals surface area (Å²) in [5.74, 6) is -0.432. The Kier molecular flexibility index (Phi) is 3.15. The van der Waals surface area contributed by atoms with Gasteiger partial charge in [0.25, 0.3) is 0 Å². The van der Waals surface area contributed by atoms with Crippen LogP contribution < -0.4 is 5.32 Å². The van der Waals surface area contributed by atoms with Gasteiger partial charge in [0.15, 0.2) is 0 Å². The van der Waals surface area contributed by atoms with Gasteiger partial charge >= 0.3 is 12.0 Å². The highest BCUT2D eigenvalue weighted by Gasteiger charge is 2.45. The van der Waals surface area contributed by atoms with E-state index in [0.717, 1.165) is 0 Å². The number of para-hydroxylation sites is 1. The molecule has 1 saturated heterocycles. The molecule has 6 heteroatoms. The number of benzene rings is 1. The molecule has 6 nitrogen and oxygen atoms in total. The third-order valence-corrected chi connectivity index (χ3v) is 2.64. The number of amides is 2. The standard InChI is InChI=1S/C12H11N3O3/c1-18-11(16)10-7-15(10)12(17)14-9-5-3-2-4-8(9)6-13/h2-5,10H,7H2,1H3,(H,14,17)/t10-,15?/m1/s1. The number of carbonyl (C=O) groups excluding carboxylic acids is 2. The average Bonchev–Trinajstić information content (AvgIpc) is 3.18. The van der Waals surface area contributed by atoms with Gasteiger partial charge in [0.1, 0.15) is 12.1 Å². The SMILES string of the molecule is COC(=O)[C@H]1CN1C(=O)Nc1ccccc1C#N. The van der Waals surface area contributed by atoms with Gasteiger partial charge < -0.3 is 15.0 Å². The van der Waals surface area contributed by atoms with E-state index < -0.39 is 18.0 Å². The van der Waals surface area contributed by atoms with Crippen LogP contribution in [-0.2, 0) is 9.53 Å². The predicted molar refractivity (Wildman–Crippen MR) is 62.7 cm³/mol. The lowest BCUT2D eigenvalue weighted by Crippen LogP contribution is -2.24. The van der Waals surface area contributed by atoms with Crippen molar-refractivity contribution in [1.29, 1.82) is 5.26 Å². The predicted octanol–water partition coefficient (Wildman–Crippen LogP) is 0.947. The van der Waals surface area contributed by atoms with Crippen LogP contribution in [0.5, 0.6) is 0 Å². The molecule has 0 aliphatic carbocycles. The van der Waals surface area contributed by atoms with Crippen molar-refractivity contribution in [2.45, 2.75) is 6.04 Å². The number of rotatable bonds is 2. The first-order valence-corrected chi connectivity index (χ1v) is 5.32. The van der Waals surface area contributed by atoms with Gasteiger partial charge in [0, 0.05) is 0 Å². The topological polar surface area (TPSA) is 82.2 Å². The van der Waals surface area contributed by atoms with E-state index in [9.17, 15) is 9.59 Å². The monoisotopic (exact) mass is 245 g/mol. The summed E-state index contributed by atoms with van der Waals surface area (Å²) >= 11 is 0. The summed E-state index contributed by atoms with van der Waals surface area (Å²) in [4.78, 5) is 24.3. The van der Waals surface area contributed by atoms with E-state index >= 15 is 0 Å². The van der Waals surface area contributed by atoms with Crippen LogP contribution in [0.2, 0.25) is 0 Å². The molecule has 1 aromatic rings. The highest BCUT2D eigenvalue weighted by molar-refractivity contribution is 5.97. The zero-order valence-corrected chi connectivity index (χ0v) is 9.71. The minimum Gasteiger partial charge on any atom is -0.467 e. The summed E-state index contributed by atoms with van der Waals surface area (Å²) in [7, 11) is 1.28. The van der Waals surface area contributed by atoms with E-state index in [1.165, 1.54) is 12.0 Å². The summed E-state index contributed by atoms with van der Waals surface area (Å²) in [5.41, 5.74) is 0.808. The Morgan fingerprint density at radius 2 is 2.22 bits per heavy atom. The fourth-order valence-electron chi connectivity index (χ4n) is 1.58. The molecule has 92 valence electrons. The Hall–Kier alpha value is -2.55. The molecular formula is C12H11N3O3. The fourth-order valence-corrected chi connectivity index (χ4v) is 1.58. The van der Waals surface area contributed by atoms with Crippen molar-refractivity contribution in [3.63, 3.8) is 0 Å². The van der Waals surface area contributed by atoms with Gasteiger partial charge in [0.05, 0.1) is 24.9 Å². The molecule has 1 atom stereocenters. The van der Waals surface area contributed by atoms with Gasteiger partial charge in [-0.1, -0.05) is 12.1 Å². The summed E-state index contributed by atoms with van der Waals surface area (Å²) in [6.07, 6.45) is 0. The van der Waals surface area contributed by atoms with Gasteiger partial charge in [-0.15, -0.1) is 0 Å². The van der Waals surface area contributed by atoms with Crippen molar-refractivity contribution in [3.05, 3.63) is 29.8 Å². The molecule has 2 rings (SSSR count). The number of carbonyl (C=O) groups is 2. The van der Waals surface area contributed by atoms with E-state index in [-0.39, 0.29) is 0 Å². The molecule has 1 fully saturated rings. The van der Waals surface area contributed by atoms with E-state index in [1.54, 1.807) is 24.3 Å². The maximum atomic E-state index is 11.8. The number of nitrogens with one attached hydrogen (secondary N) is 1. The number of hydrogen-bond donors (Lipinski definition) is 1. The lowest BCUT2D eigenvalue weighted by atomic mass is 10.2. The van der Waals surface area contributed by atoms with Gasteiger partial charge in [-0.2, -0.15) is 5.26 Å². The van der Waals surface area contributed by atoms with Crippen molar-refractivity contribution in [2.75, 3.05) is 19.0 Å². The molecule has 1 N–H and O–H groups in total. The summed E-state index contributed by atoms with van der Waals surface area (Å²) < 4.78 is 4.54. The Balaban J connectivity index is 2.01.